The third kappa shape index (κ3) is 3.52. The molecule has 0 fully saturated rings. The highest BCUT2D eigenvalue weighted by atomic mass is 16.5. The number of ether oxygens (including phenoxy) is 1. The second kappa shape index (κ2) is 6.76. The van der Waals surface area contributed by atoms with Crippen LogP contribution in [0.4, 0.5) is 0 Å². The molecule has 1 N–H and O–H groups in total. The van der Waals surface area contributed by atoms with Crippen LogP contribution >= 0.6 is 0 Å². The average Bonchev–Trinajstić information content (AvgIpc) is 3.11. The molecular formula is C19H18N4O2. The highest BCUT2D eigenvalue weighted by molar-refractivity contribution is 5.94. The van der Waals surface area contributed by atoms with Crippen molar-refractivity contribution in [1.29, 1.82) is 0 Å². The molecule has 0 spiro atoms. The number of rotatable bonds is 4. The summed E-state index contributed by atoms with van der Waals surface area (Å²) in [6.07, 6.45) is 7.06. The molecule has 0 saturated heterocycles. The molecule has 1 amide bonds. The highest BCUT2D eigenvalue weighted by Crippen LogP contribution is 2.19. The van der Waals surface area contributed by atoms with Gasteiger partial charge in [0.2, 0.25) is 5.88 Å². The maximum absolute atomic E-state index is 12.4. The van der Waals surface area contributed by atoms with E-state index in [1.54, 1.807) is 24.5 Å². The predicted octanol–water partition coefficient (Wildman–Crippen LogP) is 2.82. The van der Waals surface area contributed by atoms with Gasteiger partial charge in [0.25, 0.3) is 5.91 Å². The number of hydrogen-bond donors (Lipinski definition) is 1. The molecule has 1 aliphatic rings. The van der Waals surface area contributed by atoms with E-state index in [1.165, 1.54) is 0 Å². The zero-order valence-corrected chi connectivity index (χ0v) is 13.6. The fourth-order valence-corrected chi connectivity index (χ4v) is 2.94. The lowest BCUT2D eigenvalue weighted by molar-refractivity contribution is 0.0927. The molecule has 0 saturated carbocycles. The molecule has 1 aromatic carbocycles. The Labute approximate surface area is 145 Å². The average molecular weight is 334 g/mol. The SMILES string of the molecule is O=C(NC1CCc2nccn2C1)c1ccc(Oc2ccccc2)nc1. The largest absolute Gasteiger partial charge is 0.439 e. The third-order valence-corrected chi connectivity index (χ3v) is 4.23. The zero-order chi connectivity index (χ0) is 17.1. The Balaban J connectivity index is 1.38. The lowest BCUT2D eigenvalue weighted by Crippen LogP contribution is -2.40. The summed E-state index contributed by atoms with van der Waals surface area (Å²) in [5.74, 6) is 2.14. The van der Waals surface area contributed by atoms with E-state index < -0.39 is 0 Å². The lowest BCUT2D eigenvalue weighted by Gasteiger charge is -2.24. The number of pyridine rings is 1. The molecule has 4 rings (SSSR count). The molecule has 1 atom stereocenters. The van der Waals surface area contributed by atoms with E-state index in [1.807, 2.05) is 36.5 Å². The van der Waals surface area contributed by atoms with Gasteiger partial charge in [-0.05, 0) is 24.6 Å². The lowest BCUT2D eigenvalue weighted by atomic mass is 10.1. The van der Waals surface area contributed by atoms with Gasteiger partial charge in [0.05, 0.1) is 5.56 Å². The van der Waals surface area contributed by atoms with Gasteiger partial charge in [-0.15, -0.1) is 0 Å². The molecule has 0 bridgehead atoms. The summed E-state index contributed by atoms with van der Waals surface area (Å²) in [7, 11) is 0. The number of imidazole rings is 1. The van der Waals surface area contributed by atoms with Crippen LogP contribution in [0.1, 0.15) is 22.6 Å². The van der Waals surface area contributed by atoms with Crippen LogP contribution in [0.3, 0.4) is 0 Å². The number of hydrogen-bond acceptors (Lipinski definition) is 4. The van der Waals surface area contributed by atoms with Gasteiger partial charge in [-0.3, -0.25) is 4.79 Å². The maximum atomic E-state index is 12.4. The van der Waals surface area contributed by atoms with E-state index >= 15 is 0 Å². The number of nitrogens with zero attached hydrogens (tertiary/aromatic N) is 3. The standard InChI is InChI=1S/C19H18N4O2/c24-19(22-15-7-8-17-20-10-11-23(17)13-15)14-6-9-18(21-12-14)25-16-4-2-1-3-5-16/h1-6,9-12,15H,7-8,13H2,(H,22,24). The molecule has 6 heteroatoms. The van der Waals surface area contributed by atoms with Crippen molar-refractivity contribution < 1.29 is 9.53 Å². The fourth-order valence-electron chi connectivity index (χ4n) is 2.94. The number of aryl methyl sites for hydroxylation is 1. The van der Waals surface area contributed by atoms with Crippen molar-refractivity contribution >= 4 is 5.91 Å². The van der Waals surface area contributed by atoms with Crippen molar-refractivity contribution in [1.82, 2.24) is 19.9 Å². The van der Waals surface area contributed by atoms with Crippen LogP contribution in [-0.2, 0) is 13.0 Å². The molecule has 1 unspecified atom stereocenters. The van der Waals surface area contributed by atoms with E-state index in [0.717, 1.165) is 25.2 Å². The Hall–Kier alpha value is -3.15. The summed E-state index contributed by atoms with van der Waals surface area (Å²) in [6.45, 7) is 0.754. The third-order valence-electron chi connectivity index (χ3n) is 4.23. The minimum atomic E-state index is -0.118. The second-order valence-corrected chi connectivity index (χ2v) is 6.01. The summed E-state index contributed by atoms with van der Waals surface area (Å²) in [5.41, 5.74) is 0.525. The van der Waals surface area contributed by atoms with Crippen LogP contribution < -0.4 is 10.1 Å². The fraction of sp³-hybridized carbons (Fsp3) is 0.211. The Morgan fingerprint density at radius 1 is 1.16 bits per heavy atom. The number of para-hydroxylation sites is 1. The Morgan fingerprint density at radius 3 is 2.84 bits per heavy atom. The number of benzene rings is 1. The molecule has 6 nitrogen and oxygen atoms in total. The zero-order valence-electron chi connectivity index (χ0n) is 13.6. The summed E-state index contributed by atoms with van der Waals surface area (Å²) in [4.78, 5) is 20.9. The normalized spacial score (nSPS) is 16.1. The van der Waals surface area contributed by atoms with Gasteiger partial charge < -0.3 is 14.6 Å². The first-order chi connectivity index (χ1) is 12.3. The Bertz CT molecular complexity index is 859. The number of aromatic nitrogens is 3. The van der Waals surface area contributed by atoms with Crippen LogP contribution in [0.2, 0.25) is 0 Å². The van der Waals surface area contributed by atoms with Gasteiger partial charge in [0, 0.05) is 43.7 Å². The summed E-state index contributed by atoms with van der Waals surface area (Å²) in [6, 6.07) is 13.0. The van der Waals surface area contributed by atoms with Crippen molar-refractivity contribution in [2.75, 3.05) is 0 Å². The van der Waals surface area contributed by atoms with E-state index in [9.17, 15) is 4.79 Å². The molecule has 3 heterocycles. The van der Waals surface area contributed by atoms with Crippen molar-refractivity contribution in [3.63, 3.8) is 0 Å². The number of fused-ring (bicyclic) bond motifs is 1. The molecule has 25 heavy (non-hydrogen) atoms. The van der Waals surface area contributed by atoms with Crippen molar-refractivity contribution in [3.8, 4) is 11.6 Å². The molecule has 126 valence electrons. The van der Waals surface area contributed by atoms with E-state index in [0.29, 0.717) is 17.2 Å². The van der Waals surface area contributed by atoms with Crippen molar-refractivity contribution in [2.24, 2.45) is 0 Å². The van der Waals surface area contributed by atoms with Crippen LogP contribution in [0.5, 0.6) is 11.6 Å². The van der Waals surface area contributed by atoms with E-state index in [4.69, 9.17) is 4.74 Å². The monoisotopic (exact) mass is 334 g/mol. The van der Waals surface area contributed by atoms with Crippen LogP contribution in [0.25, 0.3) is 0 Å². The molecule has 1 aliphatic heterocycles. The quantitative estimate of drug-likeness (QED) is 0.796. The number of amides is 1. The van der Waals surface area contributed by atoms with Gasteiger partial charge in [-0.25, -0.2) is 9.97 Å². The number of carbonyl (C=O) groups excluding carboxylic acids is 1. The van der Waals surface area contributed by atoms with Crippen LogP contribution in [-0.4, -0.2) is 26.5 Å². The first kappa shape index (κ1) is 15.4. The highest BCUT2D eigenvalue weighted by Gasteiger charge is 2.21. The smallest absolute Gasteiger partial charge is 0.253 e. The van der Waals surface area contributed by atoms with Crippen LogP contribution in [0.15, 0.2) is 61.1 Å². The molecule has 3 aromatic rings. The number of nitrogens with one attached hydrogen (secondary N) is 1. The summed E-state index contributed by atoms with van der Waals surface area (Å²) in [5, 5.41) is 3.07. The Kier molecular flexibility index (Phi) is 4.16. The second-order valence-electron chi connectivity index (χ2n) is 6.01. The topological polar surface area (TPSA) is 69.0 Å². The van der Waals surface area contributed by atoms with Crippen molar-refractivity contribution in [3.05, 3.63) is 72.4 Å². The minimum absolute atomic E-state index is 0.106. The predicted molar refractivity (Wildman–Crippen MR) is 92.6 cm³/mol. The summed E-state index contributed by atoms with van der Waals surface area (Å²) < 4.78 is 7.73. The van der Waals surface area contributed by atoms with Gasteiger partial charge in [-0.2, -0.15) is 0 Å². The Morgan fingerprint density at radius 2 is 2.04 bits per heavy atom. The molecule has 0 aliphatic carbocycles. The van der Waals surface area contributed by atoms with Gasteiger partial charge >= 0.3 is 0 Å². The summed E-state index contributed by atoms with van der Waals surface area (Å²) >= 11 is 0. The first-order valence-electron chi connectivity index (χ1n) is 8.28. The van der Waals surface area contributed by atoms with Crippen molar-refractivity contribution in [2.45, 2.75) is 25.4 Å². The van der Waals surface area contributed by atoms with Gasteiger partial charge in [0.1, 0.15) is 11.6 Å². The first-order valence-corrected chi connectivity index (χ1v) is 8.28. The van der Waals surface area contributed by atoms with Crippen LogP contribution in [0, 0.1) is 0 Å². The van der Waals surface area contributed by atoms with E-state index in [2.05, 4.69) is 19.9 Å². The van der Waals surface area contributed by atoms with Gasteiger partial charge in [-0.1, -0.05) is 18.2 Å². The number of carbonyl (C=O) groups is 1. The molecular weight excluding hydrogens is 316 g/mol. The molecule has 0 radical (unpaired) electrons. The van der Waals surface area contributed by atoms with Gasteiger partial charge in [0.15, 0.2) is 0 Å². The molecule has 2 aromatic heterocycles. The minimum Gasteiger partial charge on any atom is -0.439 e. The van der Waals surface area contributed by atoms with E-state index in [-0.39, 0.29) is 11.9 Å². The maximum Gasteiger partial charge on any atom is 0.253 e.